The zero-order valence-corrected chi connectivity index (χ0v) is 9.39. The van der Waals surface area contributed by atoms with Crippen molar-refractivity contribution in [1.29, 1.82) is 0 Å². The van der Waals surface area contributed by atoms with Crippen LogP contribution in [-0.2, 0) is 11.2 Å². The Balaban J connectivity index is 2.59. The van der Waals surface area contributed by atoms with Crippen molar-refractivity contribution in [3.8, 4) is 0 Å². The molecule has 1 N–H and O–H groups in total. The Kier molecular flexibility index (Phi) is 4.40. The van der Waals surface area contributed by atoms with Gasteiger partial charge in [0, 0.05) is 6.04 Å². The minimum Gasteiger partial charge on any atom is -0.353 e. The maximum atomic E-state index is 12.9. The average molecular weight is 227 g/mol. The molecule has 0 radical (unpaired) electrons. The minimum atomic E-state index is -0.922. The Morgan fingerprint density at radius 1 is 1.38 bits per heavy atom. The molecule has 16 heavy (non-hydrogen) atoms. The van der Waals surface area contributed by atoms with Gasteiger partial charge in [0.15, 0.2) is 11.6 Å². The van der Waals surface area contributed by atoms with E-state index in [1.165, 1.54) is 6.07 Å². The molecule has 0 heterocycles. The summed E-state index contributed by atoms with van der Waals surface area (Å²) < 4.78 is 25.5. The largest absolute Gasteiger partial charge is 0.353 e. The summed E-state index contributed by atoms with van der Waals surface area (Å²) in [6.45, 7) is 3.85. The van der Waals surface area contributed by atoms with Crippen molar-refractivity contribution >= 4 is 5.91 Å². The first-order valence-electron chi connectivity index (χ1n) is 5.26. The van der Waals surface area contributed by atoms with Crippen LogP contribution in [0.2, 0.25) is 0 Å². The van der Waals surface area contributed by atoms with E-state index in [0.29, 0.717) is 5.56 Å². The molecule has 0 saturated carbocycles. The molecule has 0 fully saturated rings. The second kappa shape index (κ2) is 5.58. The molecule has 1 aromatic rings. The van der Waals surface area contributed by atoms with E-state index in [-0.39, 0.29) is 18.4 Å². The van der Waals surface area contributed by atoms with Crippen molar-refractivity contribution in [2.24, 2.45) is 0 Å². The summed E-state index contributed by atoms with van der Waals surface area (Å²) in [5.41, 5.74) is 0.472. The van der Waals surface area contributed by atoms with Gasteiger partial charge in [-0.05, 0) is 31.0 Å². The summed E-state index contributed by atoms with van der Waals surface area (Å²) in [6, 6.07) is 3.58. The van der Waals surface area contributed by atoms with Crippen molar-refractivity contribution in [2.45, 2.75) is 32.7 Å². The van der Waals surface area contributed by atoms with Crippen LogP contribution in [0, 0.1) is 11.6 Å². The number of carbonyl (C=O) groups is 1. The molecule has 0 bridgehead atoms. The topological polar surface area (TPSA) is 29.1 Å². The SMILES string of the molecule is CCC(C)NC(=O)Cc1ccc(F)c(F)c1. The highest BCUT2D eigenvalue weighted by atomic mass is 19.2. The van der Waals surface area contributed by atoms with Gasteiger partial charge in [-0.15, -0.1) is 0 Å². The van der Waals surface area contributed by atoms with E-state index in [1.807, 2.05) is 13.8 Å². The van der Waals surface area contributed by atoms with E-state index in [4.69, 9.17) is 0 Å². The van der Waals surface area contributed by atoms with Crippen molar-refractivity contribution in [2.75, 3.05) is 0 Å². The quantitative estimate of drug-likeness (QED) is 0.841. The minimum absolute atomic E-state index is 0.0710. The van der Waals surface area contributed by atoms with Gasteiger partial charge in [0.1, 0.15) is 0 Å². The molecule has 88 valence electrons. The van der Waals surface area contributed by atoms with Crippen LogP contribution in [-0.4, -0.2) is 11.9 Å². The fourth-order valence-electron chi connectivity index (χ4n) is 1.26. The van der Waals surface area contributed by atoms with Gasteiger partial charge in [-0.2, -0.15) is 0 Å². The lowest BCUT2D eigenvalue weighted by molar-refractivity contribution is -0.121. The van der Waals surface area contributed by atoms with Gasteiger partial charge < -0.3 is 5.32 Å². The smallest absolute Gasteiger partial charge is 0.224 e. The normalized spacial score (nSPS) is 12.2. The number of hydrogen-bond acceptors (Lipinski definition) is 1. The number of benzene rings is 1. The van der Waals surface area contributed by atoms with Crippen LogP contribution >= 0.6 is 0 Å². The fourth-order valence-corrected chi connectivity index (χ4v) is 1.26. The molecule has 0 aliphatic carbocycles. The summed E-state index contributed by atoms with van der Waals surface area (Å²) in [6.07, 6.45) is 0.908. The Labute approximate surface area is 93.7 Å². The van der Waals surface area contributed by atoms with E-state index in [2.05, 4.69) is 5.32 Å². The summed E-state index contributed by atoms with van der Waals surface area (Å²) in [7, 11) is 0. The second-order valence-corrected chi connectivity index (χ2v) is 3.80. The third kappa shape index (κ3) is 3.61. The molecule has 4 heteroatoms. The summed E-state index contributed by atoms with van der Waals surface area (Å²) in [4.78, 5) is 11.5. The van der Waals surface area contributed by atoms with E-state index in [9.17, 15) is 13.6 Å². The maximum absolute atomic E-state index is 12.9. The van der Waals surface area contributed by atoms with E-state index >= 15 is 0 Å². The van der Waals surface area contributed by atoms with Gasteiger partial charge in [0.25, 0.3) is 0 Å². The molecule has 0 saturated heterocycles. The summed E-state index contributed by atoms with van der Waals surface area (Å²) >= 11 is 0. The zero-order chi connectivity index (χ0) is 12.1. The van der Waals surface area contributed by atoms with Gasteiger partial charge >= 0.3 is 0 Å². The monoisotopic (exact) mass is 227 g/mol. The van der Waals surface area contributed by atoms with Crippen molar-refractivity contribution in [1.82, 2.24) is 5.32 Å². The van der Waals surface area contributed by atoms with Gasteiger partial charge in [-0.1, -0.05) is 13.0 Å². The molecule has 1 atom stereocenters. The van der Waals surface area contributed by atoms with Crippen LogP contribution < -0.4 is 5.32 Å². The lowest BCUT2D eigenvalue weighted by Gasteiger charge is -2.11. The van der Waals surface area contributed by atoms with E-state index in [1.54, 1.807) is 0 Å². The first-order chi connectivity index (χ1) is 7.52. The molecule has 1 amide bonds. The van der Waals surface area contributed by atoms with Crippen LogP contribution in [0.4, 0.5) is 8.78 Å². The van der Waals surface area contributed by atoms with Crippen LogP contribution in [0.3, 0.4) is 0 Å². The van der Waals surface area contributed by atoms with E-state index in [0.717, 1.165) is 18.6 Å². The van der Waals surface area contributed by atoms with Crippen LogP contribution in [0.25, 0.3) is 0 Å². The first-order valence-corrected chi connectivity index (χ1v) is 5.26. The Morgan fingerprint density at radius 3 is 2.62 bits per heavy atom. The number of nitrogens with one attached hydrogen (secondary N) is 1. The molecule has 0 aliphatic heterocycles. The van der Waals surface area contributed by atoms with Crippen molar-refractivity contribution in [3.05, 3.63) is 35.4 Å². The van der Waals surface area contributed by atoms with Crippen molar-refractivity contribution < 1.29 is 13.6 Å². The number of hydrogen-bond donors (Lipinski definition) is 1. The van der Waals surface area contributed by atoms with Gasteiger partial charge in [-0.3, -0.25) is 4.79 Å². The molecular formula is C12H15F2NO. The van der Waals surface area contributed by atoms with Crippen LogP contribution in [0.5, 0.6) is 0 Å². The molecule has 1 rings (SSSR count). The Hall–Kier alpha value is -1.45. The molecule has 0 aromatic heterocycles. The van der Waals surface area contributed by atoms with Gasteiger partial charge in [0.2, 0.25) is 5.91 Å². The first kappa shape index (κ1) is 12.6. The standard InChI is InChI=1S/C12H15F2NO/c1-3-8(2)15-12(16)7-9-4-5-10(13)11(14)6-9/h4-6,8H,3,7H2,1-2H3,(H,15,16). The van der Waals surface area contributed by atoms with Gasteiger partial charge in [0.05, 0.1) is 6.42 Å². The summed E-state index contributed by atoms with van der Waals surface area (Å²) in [5.74, 6) is -2.00. The lowest BCUT2D eigenvalue weighted by atomic mass is 10.1. The Bertz CT molecular complexity index is 379. The average Bonchev–Trinajstić information content (AvgIpc) is 2.23. The zero-order valence-electron chi connectivity index (χ0n) is 9.39. The molecule has 2 nitrogen and oxygen atoms in total. The van der Waals surface area contributed by atoms with Crippen molar-refractivity contribution in [3.63, 3.8) is 0 Å². The number of amides is 1. The second-order valence-electron chi connectivity index (χ2n) is 3.80. The molecule has 1 unspecified atom stereocenters. The number of halogens is 2. The predicted octanol–water partition coefficient (Wildman–Crippen LogP) is 2.42. The lowest BCUT2D eigenvalue weighted by Crippen LogP contribution is -2.33. The molecule has 0 spiro atoms. The van der Waals surface area contributed by atoms with E-state index < -0.39 is 11.6 Å². The third-order valence-corrected chi connectivity index (χ3v) is 2.37. The maximum Gasteiger partial charge on any atom is 0.224 e. The molecule has 1 aromatic carbocycles. The van der Waals surface area contributed by atoms with Crippen LogP contribution in [0.15, 0.2) is 18.2 Å². The molecular weight excluding hydrogens is 212 g/mol. The van der Waals surface area contributed by atoms with Gasteiger partial charge in [-0.25, -0.2) is 8.78 Å². The summed E-state index contributed by atoms with van der Waals surface area (Å²) in [5, 5.41) is 2.76. The molecule has 0 aliphatic rings. The highest BCUT2D eigenvalue weighted by Crippen LogP contribution is 2.09. The Morgan fingerprint density at radius 2 is 2.06 bits per heavy atom. The van der Waals surface area contributed by atoms with Crippen LogP contribution in [0.1, 0.15) is 25.8 Å². The predicted molar refractivity (Wildman–Crippen MR) is 58.0 cm³/mol. The number of rotatable bonds is 4. The highest BCUT2D eigenvalue weighted by molar-refractivity contribution is 5.78. The fraction of sp³-hybridized carbons (Fsp3) is 0.417. The number of carbonyl (C=O) groups excluding carboxylic acids is 1. The highest BCUT2D eigenvalue weighted by Gasteiger charge is 2.08. The third-order valence-electron chi connectivity index (χ3n) is 2.37.